The zero-order valence-electron chi connectivity index (χ0n) is 10.8. The number of nitrogen functional groups attached to an aromatic ring is 1. The van der Waals surface area contributed by atoms with Gasteiger partial charge in [-0.15, -0.1) is 0 Å². The van der Waals surface area contributed by atoms with E-state index in [4.69, 9.17) is 15.6 Å². The van der Waals surface area contributed by atoms with Crippen LogP contribution in [0.25, 0.3) is 0 Å². The molecule has 0 atom stereocenters. The molecule has 0 aliphatic heterocycles. The number of carbonyl (C=O) groups is 1. The number of aliphatic hydroxyl groups is 1. The van der Waals surface area contributed by atoms with Gasteiger partial charge in [0, 0.05) is 20.2 Å². The smallest absolute Gasteiger partial charge is 0.276 e. The molecule has 1 rings (SSSR count). The number of hydrogen-bond acceptors (Lipinski definition) is 5. The first kappa shape index (κ1) is 14.5. The number of carbonyl (C=O) groups excluding carboxylic acids is 1. The Morgan fingerprint density at radius 1 is 1.56 bits per heavy atom. The van der Waals surface area contributed by atoms with Crippen molar-refractivity contribution in [3.05, 3.63) is 11.4 Å². The maximum Gasteiger partial charge on any atom is 0.276 e. The average Bonchev–Trinajstić information content (AvgIpc) is 2.74. The van der Waals surface area contributed by atoms with E-state index >= 15 is 0 Å². The molecule has 7 nitrogen and oxygen atoms in total. The minimum Gasteiger partial charge on any atom is -0.395 e. The summed E-state index contributed by atoms with van der Waals surface area (Å²) in [5.74, 6) is -0.297. The molecule has 7 heteroatoms. The number of aliphatic hydroxyl groups excluding tert-OH is 1. The van der Waals surface area contributed by atoms with Crippen LogP contribution < -0.4 is 5.73 Å². The summed E-state index contributed by atoms with van der Waals surface area (Å²) in [6.45, 7) is 2.84. The van der Waals surface area contributed by atoms with Gasteiger partial charge in [-0.05, 0) is 6.42 Å². The van der Waals surface area contributed by atoms with Gasteiger partial charge in [-0.2, -0.15) is 5.10 Å². The lowest BCUT2D eigenvalue weighted by molar-refractivity contribution is 0.0652. The lowest BCUT2D eigenvalue weighted by Gasteiger charge is -2.20. The highest BCUT2D eigenvalue weighted by Crippen LogP contribution is 2.16. The summed E-state index contributed by atoms with van der Waals surface area (Å²) in [7, 11) is 1.56. The fourth-order valence-corrected chi connectivity index (χ4v) is 1.61. The molecular weight excluding hydrogens is 236 g/mol. The molecule has 102 valence electrons. The molecule has 0 aliphatic rings. The van der Waals surface area contributed by atoms with Crippen LogP contribution >= 0.6 is 0 Å². The molecule has 0 aromatic carbocycles. The van der Waals surface area contributed by atoms with Crippen molar-refractivity contribution in [3.63, 3.8) is 0 Å². The first-order valence-corrected chi connectivity index (χ1v) is 5.87. The monoisotopic (exact) mass is 256 g/mol. The molecule has 1 amide bonds. The van der Waals surface area contributed by atoms with Gasteiger partial charge >= 0.3 is 0 Å². The average molecular weight is 256 g/mol. The van der Waals surface area contributed by atoms with Crippen molar-refractivity contribution in [1.82, 2.24) is 15.1 Å². The summed E-state index contributed by atoms with van der Waals surface area (Å²) in [5, 5.41) is 15.6. The van der Waals surface area contributed by atoms with Crippen LogP contribution in [0.2, 0.25) is 0 Å². The van der Waals surface area contributed by atoms with E-state index in [-0.39, 0.29) is 24.8 Å². The van der Waals surface area contributed by atoms with E-state index in [9.17, 15) is 4.79 Å². The Hall–Kier alpha value is -1.60. The predicted octanol–water partition coefficient (Wildman–Crippen LogP) is -0.365. The molecule has 0 saturated carbocycles. The molecule has 1 aromatic rings. The van der Waals surface area contributed by atoms with E-state index < -0.39 is 0 Å². The van der Waals surface area contributed by atoms with Gasteiger partial charge in [-0.25, -0.2) is 0 Å². The minimum atomic E-state index is -0.297. The van der Waals surface area contributed by atoms with Crippen LogP contribution in [-0.4, -0.2) is 59.5 Å². The number of aromatic amines is 1. The molecule has 0 bridgehead atoms. The minimum absolute atomic E-state index is 0.111. The summed E-state index contributed by atoms with van der Waals surface area (Å²) in [5.41, 5.74) is 7.17. The van der Waals surface area contributed by atoms with Crippen molar-refractivity contribution < 1.29 is 14.6 Å². The second-order valence-electron chi connectivity index (χ2n) is 3.83. The van der Waals surface area contributed by atoms with Crippen LogP contribution in [0.5, 0.6) is 0 Å². The summed E-state index contributed by atoms with van der Waals surface area (Å²) in [4.78, 5) is 13.7. The first-order chi connectivity index (χ1) is 8.65. The quantitative estimate of drug-likeness (QED) is 0.617. The predicted molar refractivity (Wildman–Crippen MR) is 67.2 cm³/mol. The van der Waals surface area contributed by atoms with Gasteiger partial charge in [0.05, 0.1) is 24.6 Å². The number of anilines is 1. The van der Waals surface area contributed by atoms with Crippen LogP contribution in [-0.2, 0) is 11.2 Å². The second kappa shape index (κ2) is 6.97. The number of nitrogens with one attached hydrogen (secondary N) is 1. The van der Waals surface area contributed by atoms with Crippen molar-refractivity contribution in [2.75, 3.05) is 39.1 Å². The molecule has 4 N–H and O–H groups in total. The number of H-pyrrole nitrogens is 1. The number of ether oxygens (including phenoxy) is 1. The molecule has 0 aliphatic carbocycles. The Morgan fingerprint density at radius 2 is 2.28 bits per heavy atom. The maximum absolute atomic E-state index is 12.2. The van der Waals surface area contributed by atoms with Gasteiger partial charge in [0.2, 0.25) is 0 Å². The third-order valence-corrected chi connectivity index (χ3v) is 2.66. The van der Waals surface area contributed by atoms with E-state index in [1.165, 1.54) is 4.90 Å². The standard InChI is InChI=1S/C11H20N4O3/c1-3-8-9(12)10(14-13-8)11(17)15(4-6-16)5-7-18-2/h16H,3-7,12H2,1-2H3,(H,13,14). The normalized spacial score (nSPS) is 10.6. The van der Waals surface area contributed by atoms with Gasteiger partial charge < -0.3 is 20.5 Å². The summed E-state index contributed by atoms with van der Waals surface area (Å²) in [6, 6.07) is 0. The molecule has 18 heavy (non-hydrogen) atoms. The Kier molecular flexibility index (Phi) is 5.60. The van der Waals surface area contributed by atoms with Crippen molar-refractivity contribution >= 4 is 11.6 Å². The number of methoxy groups -OCH3 is 1. The molecule has 1 aromatic heterocycles. The molecule has 0 spiro atoms. The van der Waals surface area contributed by atoms with Crippen molar-refractivity contribution in [2.24, 2.45) is 0 Å². The Bertz CT molecular complexity index is 392. The largest absolute Gasteiger partial charge is 0.395 e. The van der Waals surface area contributed by atoms with Crippen molar-refractivity contribution in [2.45, 2.75) is 13.3 Å². The van der Waals surface area contributed by atoms with Crippen LogP contribution in [0.3, 0.4) is 0 Å². The lowest BCUT2D eigenvalue weighted by atomic mass is 10.2. The topological polar surface area (TPSA) is 104 Å². The summed E-state index contributed by atoms with van der Waals surface area (Å²) in [6.07, 6.45) is 0.685. The third kappa shape index (κ3) is 3.21. The van der Waals surface area contributed by atoms with Gasteiger partial charge in [0.1, 0.15) is 0 Å². The summed E-state index contributed by atoms with van der Waals surface area (Å²) < 4.78 is 4.93. The highest BCUT2D eigenvalue weighted by molar-refractivity contribution is 5.97. The number of hydrogen-bond donors (Lipinski definition) is 3. The zero-order chi connectivity index (χ0) is 13.5. The molecule has 0 saturated heterocycles. The highest BCUT2D eigenvalue weighted by atomic mass is 16.5. The Balaban J connectivity index is 2.83. The van der Waals surface area contributed by atoms with Gasteiger partial charge in [-0.3, -0.25) is 9.89 Å². The fraction of sp³-hybridized carbons (Fsp3) is 0.636. The van der Waals surface area contributed by atoms with Gasteiger partial charge in [-0.1, -0.05) is 6.92 Å². The number of nitrogens with two attached hydrogens (primary N) is 1. The first-order valence-electron chi connectivity index (χ1n) is 5.87. The number of aryl methyl sites for hydroxylation is 1. The maximum atomic E-state index is 12.2. The summed E-state index contributed by atoms with van der Waals surface area (Å²) >= 11 is 0. The molecular formula is C11H20N4O3. The number of rotatable bonds is 7. The molecule has 1 heterocycles. The van der Waals surface area contributed by atoms with E-state index in [1.807, 2.05) is 6.92 Å². The van der Waals surface area contributed by atoms with E-state index in [0.29, 0.717) is 25.3 Å². The number of nitrogens with zero attached hydrogens (tertiary/aromatic N) is 2. The second-order valence-corrected chi connectivity index (χ2v) is 3.83. The van der Waals surface area contributed by atoms with Gasteiger partial charge in [0.25, 0.3) is 5.91 Å². The third-order valence-electron chi connectivity index (χ3n) is 2.66. The van der Waals surface area contributed by atoms with E-state index in [2.05, 4.69) is 10.2 Å². The molecule has 0 radical (unpaired) electrons. The van der Waals surface area contributed by atoms with Gasteiger partial charge in [0.15, 0.2) is 5.69 Å². The van der Waals surface area contributed by atoms with E-state index in [1.54, 1.807) is 7.11 Å². The molecule has 0 unspecified atom stereocenters. The Labute approximate surface area is 106 Å². The zero-order valence-corrected chi connectivity index (χ0v) is 10.8. The van der Waals surface area contributed by atoms with Crippen LogP contribution in [0.4, 0.5) is 5.69 Å². The Morgan fingerprint density at radius 3 is 2.78 bits per heavy atom. The van der Waals surface area contributed by atoms with Crippen molar-refractivity contribution in [3.8, 4) is 0 Å². The van der Waals surface area contributed by atoms with Crippen LogP contribution in [0.15, 0.2) is 0 Å². The highest BCUT2D eigenvalue weighted by Gasteiger charge is 2.21. The SMILES string of the molecule is CCc1[nH]nc(C(=O)N(CCO)CCOC)c1N. The van der Waals surface area contributed by atoms with E-state index in [0.717, 1.165) is 5.69 Å². The van der Waals surface area contributed by atoms with Crippen molar-refractivity contribution in [1.29, 1.82) is 0 Å². The van der Waals surface area contributed by atoms with Crippen LogP contribution in [0, 0.1) is 0 Å². The number of aromatic nitrogens is 2. The molecule has 0 fully saturated rings. The lowest BCUT2D eigenvalue weighted by Crippen LogP contribution is -2.36. The fourth-order valence-electron chi connectivity index (χ4n) is 1.61. The number of amides is 1. The van der Waals surface area contributed by atoms with Crippen LogP contribution in [0.1, 0.15) is 23.1 Å².